The fraction of sp³-hybridized carbons (Fsp3) is 0.417. The van der Waals surface area contributed by atoms with E-state index >= 15 is 0 Å². The monoisotopic (exact) mass is 233 g/mol. The van der Waals surface area contributed by atoms with Crippen molar-refractivity contribution in [2.24, 2.45) is 0 Å². The summed E-state index contributed by atoms with van der Waals surface area (Å²) in [4.78, 5) is 6.48. The van der Waals surface area contributed by atoms with E-state index in [4.69, 9.17) is 10.2 Å². The average Bonchev–Trinajstić information content (AvgIpc) is 2.72. The van der Waals surface area contributed by atoms with Gasteiger partial charge >= 0.3 is 0 Å². The molecule has 1 fully saturated rings. The lowest BCUT2D eigenvalue weighted by molar-refractivity contribution is 0.144. The van der Waals surface area contributed by atoms with Crippen LogP contribution in [-0.2, 0) is 0 Å². The molecule has 5 nitrogen and oxygen atoms in total. The van der Waals surface area contributed by atoms with Crippen LogP contribution in [0.3, 0.4) is 0 Å². The number of nitrogen functional groups attached to an aromatic ring is 1. The Morgan fingerprint density at radius 3 is 2.88 bits per heavy atom. The van der Waals surface area contributed by atoms with Gasteiger partial charge in [0.15, 0.2) is 5.58 Å². The summed E-state index contributed by atoms with van der Waals surface area (Å²) in [5.41, 5.74) is 7.90. The van der Waals surface area contributed by atoms with Crippen molar-refractivity contribution in [2.75, 3.05) is 23.7 Å². The normalized spacial score (nSPS) is 17.8. The van der Waals surface area contributed by atoms with E-state index in [1.807, 2.05) is 12.1 Å². The number of anilines is 2. The largest absolute Gasteiger partial charge is 0.423 e. The van der Waals surface area contributed by atoms with Gasteiger partial charge in [-0.1, -0.05) is 0 Å². The zero-order chi connectivity index (χ0) is 11.8. The number of benzene rings is 1. The molecule has 3 N–H and O–H groups in total. The van der Waals surface area contributed by atoms with E-state index < -0.39 is 0 Å². The maximum Gasteiger partial charge on any atom is 0.298 e. The van der Waals surface area contributed by atoms with E-state index in [1.165, 1.54) is 0 Å². The van der Waals surface area contributed by atoms with Crippen molar-refractivity contribution >= 4 is 22.8 Å². The van der Waals surface area contributed by atoms with E-state index in [0.29, 0.717) is 17.3 Å². The highest BCUT2D eigenvalue weighted by Gasteiger charge is 2.21. The molecule has 90 valence electrons. The van der Waals surface area contributed by atoms with Crippen LogP contribution in [0.4, 0.5) is 11.7 Å². The fourth-order valence-corrected chi connectivity index (χ4v) is 2.12. The number of aliphatic hydroxyl groups is 1. The third-order valence-electron chi connectivity index (χ3n) is 3.14. The zero-order valence-electron chi connectivity index (χ0n) is 9.47. The lowest BCUT2D eigenvalue weighted by atomic mass is 10.1. The molecule has 0 unspecified atom stereocenters. The summed E-state index contributed by atoms with van der Waals surface area (Å²) >= 11 is 0. The van der Waals surface area contributed by atoms with Gasteiger partial charge in [0, 0.05) is 24.8 Å². The van der Waals surface area contributed by atoms with Crippen molar-refractivity contribution in [3.05, 3.63) is 18.2 Å². The second-order valence-electron chi connectivity index (χ2n) is 4.44. The van der Waals surface area contributed by atoms with Gasteiger partial charge in [-0.2, -0.15) is 4.98 Å². The van der Waals surface area contributed by atoms with Crippen LogP contribution in [0.2, 0.25) is 0 Å². The van der Waals surface area contributed by atoms with Gasteiger partial charge in [0.25, 0.3) is 6.01 Å². The van der Waals surface area contributed by atoms with E-state index in [1.54, 1.807) is 6.07 Å². The van der Waals surface area contributed by atoms with Gasteiger partial charge in [-0.3, -0.25) is 0 Å². The van der Waals surface area contributed by atoms with Crippen LogP contribution in [0, 0.1) is 0 Å². The molecule has 2 heterocycles. The van der Waals surface area contributed by atoms with Gasteiger partial charge in [0.2, 0.25) is 0 Å². The minimum absolute atomic E-state index is 0.189. The molecule has 0 radical (unpaired) electrons. The number of fused-ring (bicyclic) bond motifs is 1. The molecule has 0 saturated carbocycles. The van der Waals surface area contributed by atoms with Crippen molar-refractivity contribution in [3.63, 3.8) is 0 Å². The van der Waals surface area contributed by atoms with Crippen LogP contribution < -0.4 is 10.6 Å². The topological polar surface area (TPSA) is 75.5 Å². The van der Waals surface area contributed by atoms with Gasteiger partial charge in [-0.05, 0) is 25.0 Å². The Morgan fingerprint density at radius 1 is 1.35 bits per heavy atom. The van der Waals surface area contributed by atoms with E-state index in [9.17, 15) is 5.11 Å². The van der Waals surface area contributed by atoms with E-state index in [0.717, 1.165) is 31.4 Å². The molecular weight excluding hydrogens is 218 g/mol. The highest BCUT2D eigenvalue weighted by Crippen LogP contribution is 2.25. The van der Waals surface area contributed by atoms with Crippen LogP contribution in [0.15, 0.2) is 22.6 Å². The molecule has 0 bridgehead atoms. The van der Waals surface area contributed by atoms with E-state index in [-0.39, 0.29) is 6.10 Å². The third-order valence-corrected chi connectivity index (χ3v) is 3.14. The summed E-state index contributed by atoms with van der Waals surface area (Å²) in [7, 11) is 0. The summed E-state index contributed by atoms with van der Waals surface area (Å²) < 4.78 is 5.68. The zero-order valence-corrected chi connectivity index (χ0v) is 9.47. The van der Waals surface area contributed by atoms with Gasteiger partial charge in [-0.25, -0.2) is 0 Å². The van der Waals surface area contributed by atoms with Crippen molar-refractivity contribution in [1.29, 1.82) is 0 Å². The first-order valence-electron chi connectivity index (χ1n) is 5.81. The molecule has 0 amide bonds. The first-order chi connectivity index (χ1) is 8.22. The van der Waals surface area contributed by atoms with Gasteiger partial charge in [0.05, 0.1) is 6.10 Å². The molecule has 1 aromatic heterocycles. The van der Waals surface area contributed by atoms with Crippen molar-refractivity contribution < 1.29 is 9.52 Å². The molecule has 1 aliphatic heterocycles. The number of hydrogen-bond donors (Lipinski definition) is 2. The Labute approximate surface area is 98.8 Å². The molecule has 1 saturated heterocycles. The number of hydrogen-bond acceptors (Lipinski definition) is 5. The third kappa shape index (κ3) is 1.93. The van der Waals surface area contributed by atoms with Crippen LogP contribution in [0.25, 0.3) is 11.1 Å². The number of nitrogens with two attached hydrogens (primary N) is 1. The second-order valence-corrected chi connectivity index (χ2v) is 4.44. The highest BCUT2D eigenvalue weighted by atomic mass is 16.4. The van der Waals surface area contributed by atoms with E-state index in [2.05, 4.69) is 9.88 Å². The molecule has 0 spiro atoms. The second kappa shape index (κ2) is 3.92. The van der Waals surface area contributed by atoms with Crippen LogP contribution in [0.1, 0.15) is 12.8 Å². The van der Waals surface area contributed by atoms with Gasteiger partial charge in [-0.15, -0.1) is 0 Å². The summed E-state index contributed by atoms with van der Waals surface area (Å²) in [5.74, 6) is 0. The Hall–Kier alpha value is -1.75. The lowest BCUT2D eigenvalue weighted by Crippen LogP contribution is -2.35. The Balaban J connectivity index is 1.90. The molecule has 0 atom stereocenters. The molecule has 5 heteroatoms. The Bertz CT molecular complexity index is 530. The van der Waals surface area contributed by atoms with Gasteiger partial charge in [0.1, 0.15) is 5.52 Å². The molecule has 1 aromatic carbocycles. The molecule has 1 aliphatic rings. The Kier molecular flexibility index (Phi) is 2.40. The molecule has 0 aliphatic carbocycles. The number of nitrogens with zero attached hydrogens (tertiary/aromatic N) is 2. The molecule has 3 rings (SSSR count). The molecule has 2 aromatic rings. The predicted molar refractivity (Wildman–Crippen MR) is 65.9 cm³/mol. The smallest absolute Gasteiger partial charge is 0.298 e. The quantitative estimate of drug-likeness (QED) is 0.727. The maximum absolute atomic E-state index is 9.46. The molecule has 17 heavy (non-hydrogen) atoms. The summed E-state index contributed by atoms with van der Waals surface area (Å²) in [5, 5.41) is 9.46. The average molecular weight is 233 g/mol. The summed E-state index contributed by atoms with van der Waals surface area (Å²) in [6.07, 6.45) is 1.34. The minimum Gasteiger partial charge on any atom is -0.423 e. The number of piperidine rings is 1. The lowest BCUT2D eigenvalue weighted by Gasteiger charge is -2.27. The number of oxazole rings is 1. The minimum atomic E-state index is -0.189. The first-order valence-corrected chi connectivity index (χ1v) is 5.81. The van der Waals surface area contributed by atoms with Crippen molar-refractivity contribution in [3.8, 4) is 0 Å². The number of aliphatic hydroxyl groups excluding tert-OH is 1. The van der Waals surface area contributed by atoms with Crippen molar-refractivity contribution in [1.82, 2.24) is 4.98 Å². The number of rotatable bonds is 1. The fourth-order valence-electron chi connectivity index (χ4n) is 2.12. The predicted octanol–water partition coefficient (Wildman–Crippen LogP) is 1.37. The highest BCUT2D eigenvalue weighted by molar-refractivity contribution is 5.78. The molecular formula is C12H15N3O2. The van der Waals surface area contributed by atoms with Crippen LogP contribution in [-0.4, -0.2) is 29.3 Å². The first kappa shape index (κ1) is 10.4. The van der Waals surface area contributed by atoms with Gasteiger partial charge < -0.3 is 20.2 Å². The maximum atomic E-state index is 9.46. The standard InChI is InChI=1S/C12H15N3O2/c13-8-1-2-10-11(7-8)17-12(14-10)15-5-3-9(16)4-6-15/h1-2,7,9,16H,3-6,13H2. The van der Waals surface area contributed by atoms with Crippen LogP contribution >= 0.6 is 0 Å². The van der Waals surface area contributed by atoms with Crippen LogP contribution in [0.5, 0.6) is 0 Å². The van der Waals surface area contributed by atoms with Crippen molar-refractivity contribution in [2.45, 2.75) is 18.9 Å². The summed E-state index contributed by atoms with van der Waals surface area (Å²) in [6.45, 7) is 1.56. The summed E-state index contributed by atoms with van der Waals surface area (Å²) in [6, 6.07) is 6.08. The SMILES string of the molecule is Nc1ccc2nc(N3CCC(O)CC3)oc2c1. The number of aromatic nitrogens is 1. The Morgan fingerprint density at radius 2 is 2.12 bits per heavy atom.